The number of carbonyl (C=O) groups is 1. The summed E-state index contributed by atoms with van der Waals surface area (Å²) in [6.45, 7) is 2.56. The third-order valence-corrected chi connectivity index (χ3v) is 3.69. The maximum Gasteiger partial charge on any atom is 0.229 e. The summed E-state index contributed by atoms with van der Waals surface area (Å²) in [6.07, 6.45) is 5.25. The van der Waals surface area contributed by atoms with Crippen LogP contribution in [0.5, 0.6) is 0 Å². The number of unbranched alkanes of at least 4 members (excludes halogenated alkanes) is 3. The molecule has 23 heavy (non-hydrogen) atoms. The fraction of sp³-hybridized carbons (Fsp3) is 0.533. The first kappa shape index (κ1) is 21.7. The number of nitrogens with one attached hydrogen (secondary N) is 2. The smallest absolute Gasteiger partial charge is 0.229 e. The van der Waals surface area contributed by atoms with Crippen LogP contribution in [0.2, 0.25) is 0 Å². The van der Waals surface area contributed by atoms with Gasteiger partial charge in [0.05, 0.1) is 17.6 Å². The molecule has 0 aliphatic carbocycles. The van der Waals surface area contributed by atoms with Crippen LogP contribution < -0.4 is 15.8 Å². The molecule has 0 saturated carbocycles. The van der Waals surface area contributed by atoms with Gasteiger partial charge in [0.2, 0.25) is 15.9 Å². The molecule has 1 aromatic carbocycles. The fourth-order valence-corrected chi connectivity index (χ4v) is 2.62. The molecule has 0 atom stereocenters. The molecular weight excluding hydrogens is 338 g/mol. The number of amides is 1. The average molecular weight is 364 g/mol. The molecule has 0 saturated heterocycles. The van der Waals surface area contributed by atoms with Crippen molar-refractivity contribution in [3.8, 4) is 0 Å². The van der Waals surface area contributed by atoms with Gasteiger partial charge in [-0.1, -0.05) is 18.9 Å². The molecule has 0 spiro atoms. The van der Waals surface area contributed by atoms with Crippen molar-refractivity contribution in [2.45, 2.75) is 39.0 Å². The fourth-order valence-electron chi connectivity index (χ4n) is 2.05. The number of anilines is 2. The molecule has 6 nitrogen and oxygen atoms in total. The summed E-state index contributed by atoms with van der Waals surface area (Å²) in [5.41, 5.74) is 7.22. The van der Waals surface area contributed by atoms with E-state index in [1.54, 1.807) is 18.2 Å². The van der Waals surface area contributed by atoms with Crippen molar-refractivity contribution in [2.75, 3.05) is 22.8 Å². The van der Waals surface area contributed by atoms with Gasteiger partial charge in [-0.25, -0.2) is 8.42 Å². The SMILES string of the molecule is Cc1ccc(NS(C)(=O)=O)c(NC(=O)CCCCCCN)c1.Cl. The molecule has 0 aliphatic rings. The van der Waals surface area contributed by atoms with Gasteiger partial charge in [-0.3, -0.25) is 9.52 Å². The highest BCUT2D eigenvalue weighted by molar-refractivity contribution is 7.92. The Hall–Kier alpha value is -1.31. The van der Waals surface area contributed by atoms with Crippen molar-refractivity contribution in [3.63, 3.8) is 0 Å². The van der Waals surface area contributed by atoms with Gasteiger partial charge in [0, 0.05) is 6.42 Å². The zero-order chi connectivity index (χ0) is 16.6. The first-order valence-corrected chi connectivity index (χ1v) is 9.29. The molecule has 0 fully saturated rings. The summed E-state index contributed by atoms with van der Waals surface area (Å²) in [4.78, 5) is 12.0. The average Bonchev–Trinajstić information content (AvgIpc) is 2.40. The minimum absolute atomic E-state index is 0. The van der Waals surface area contributed by atoms with Crippen LogP contribution in [0, 0.1) is 6.92 Å². The van der Waals surface area contributed by atoms with E-state index in [-0.39, 0.29) is 18.3 Å². The Morgan fingerprint density at radius 1 is 1.13 bits per heavy atom. The van der Waals surface area contributed by atoms with Crippen LogP contribution >= 0.6 is 12.4 Å². The topological polar surface area (TPSA) is 101 Å². The Morgan fingerprint density at radius 3 is 2.39 bits per heavy atom. The lowest BCUT2D eigenvalue weighted by molar-refractivity contribution is -0.116. The van der Waals surface area contributed by atoms with Crippen LogP contribution in [0.25, 0.3) is 0 Å². The van der Waals surface area contributed by atoms with E-state index in [1.165, 1.54) is 0 Å². The monoisotopic (exact) mass is 363 g/mol. The van der Waals surface area contributed by atoms with E-state index < -0.39 is 10.0 Å². The highest BCUT2D eigenvalue weighted by Gasteiger charge is 2.10. The maximum atomic E-state index is 12.0. The number of benzene rings is 1. The number of rotatable bonds is 9. The van der Waals surface area contributed by atoms with E-state index in [9.17, 15) is 13.2 Å². The molecule has 0 radical (unpaired) electrons. The highest BCUT2D eigenvalue weighted by atomic mass is 35.5. The molecule has 1 aromatic rings. The molecular formula is C15H26ClN3O3S. The first-order valence-electron chi connectivity index (χ1n) is 7.40. The molecule has 1 amide bonds. The summed E-state index contributed by atoms with van der Waals surface area (Å²) < 4.78 is 25.1. The van der Waals surface area contributed by atoms with Crippen molar-refractivity contribution in [2.24, 2.45) is 5.73 Å². The van der Waals surface area contributed by atoms with Crippen LogP contribution in [-0.4, -0.2) is 27.1 Å². The molecule has 0 aliphatic heterocycles. The molecule has 1 rings (SSSR count). The van der Waals surface area contributed by atoms with E-state index in [0.29, 0.717) is 24.3 Å². The molecule has 0 heterocycles. The van der Waals surface area contributed by atoms with E-state index in [1.807, 2.05) is 6.92 Å². The Morgan fingerprint density at radius 2 is 1.78 bits per heavy atom. The van der Waals surface area contributed by atoms with Crippen molar-refractivity contribution in [3.05, 3.63) is 23.8 Å². The number of nitrogens with two attached hydrogens (primary N) is 1. The summed E-state index contributed by atoms with van der Waals surface area (Å²) in [5.74, 6) is -0.116. The molecule has 132 valence electrons. The molecule has 8 heteroatoms. The summed E-state index contributed by atoms with van der Waals surface area (Å²) >= 11 is 0. The van der Waals surface area contributed by atoms with Crippen LogP contribution in [0.3, 0.4) is 0 Å². The number of halogens is 1. The Bertz CT molecular complexity index is 606. The Labute approximate surface area is 144 Å². The number of sulfonamides is 1. The highest BCUT2D eigenvalue weighted by Crippen LogP contribution is 2.24. The van der Waals surface area contributed by atoms with E-state index in [2.05, 4.69) is 10.0 Å². The van der Waals surface area contributed by atoms with Gasteiger partial charge in [0.1, 0.15) is 0 Å². The standard InChI is InChI=1S/C15H25N3O3S.ClH/c1-12-8-9-13(18-22(2,20)21)14(11-12)17-15(19)7-5-3-4-6-10-16;/h8-9,11,18H,3-7,10,16H2,1-2H3,(H,17,19);1H. The predicted octanol–water partition coefficient (Wildman–Crippen LogP) is 2.64. The molecule has 0 aromatic heterocycles. The second kappa shape index (κ2) is 10.5. The predicted molar refractivity (Wildman–Crippen MR) is 97.7 cm³/mol. The lowest BCUT2D eigenvalue weighted by Gasteiger charge is -2.13. The van der Waals surface area contributed by atoms with Crippen molar-refractivity contribution in [1.29, 1.82) is 0 Å². The quantitative estimate of drug-likeness (QED) is 0.587. The lowest BCUT2D eigenvalue weighted by atomic mass is 10.1. The number of aryl methyl sites for hydroxylation is 1. The van der Waals surface area contributed by atoms with E-state index >= 15 is 0 Å². The Kier molecular flexibility index (Phi) is 9.87. The molecule has 0 bridgehead atoms. The first-order chi connectivity index (χ1) is 10.3. The van der Waals surface area contributed by atoms with Crippen molar-refractivity contribution < 1.29 is 13.2 Å². The summed E-state index contributed by atoms with van der Waals surface area (Å²) in [7, 11) is -3.39. The zero-order valence-electron chi connectivity index (χ0n) is 13.6. The van der Waals surface area contributed by atoms with Crippen LogP contribution in [0.15, 0.2) is 18.2 Å². The largest absolute Gasteiger partial charge is 0.330 e. The van der Waals surface area contributed by atoms with Gasteiger partial charge < -0.3 is 11.1 Å². The lowest BCUT2D eigenvalue weighted by Crippen LogP contribution is -2.16. The minimum Gasteiger partial charge on any atom is -0.330 e. The molecule has 4 N–H and O–H groups in total. The van der Waals surface area contributed by atoms with Gasteiger partial charge >= 0.3 is 0 Å². The third-order valence-electron chi connectivity index (χ3n) is 3.10. The Balaban J connectivity index is 0.00000484. The number of carbonyl (C=O) groups excluding carboxylic acids is 1. The van der Waals surface area contributed by atoms with Crippen LogP contribution in [-0.2, 0) is 14.8 Å². The molecule has 0 unspecified atom stereocenters. The van der Waals surface area contributed by atoms with Gasteiger partial charge in [-0.05, 0) is 44.0 Å². The van der Waals surface area contributed by atoms with E-state index in [0.717, 1.165) is 37.5 Å². The van der Waals surface area contributed by atoms with Crippen molar-refractivity contribution in [1.82, 2.24) is 0 Å². The van der Waals surface area contributed by atoms with Crippen LogP contribution in [0.4, 0.5) is 11.4 Å². The summed E-state index contributed by atoms with van der Waals surface area (Å²) in [5, 5.41) is 2.77. The third kappa shape index (κ3) is 9.43. The second-order valence-electron chi connectivity index (χ2n) is 5.42. The number of hydrogen-bond acceptors (Lipinski definition) is 4. The van der Waals surface area contributed by atoms with Gasteiger partial charge in [0.25, 0.3) is 0 Å². The van der Waals surface area contributed by atoms with Gasteiger partial charge in [-0.15, -0.1) is 12.4 Å². The van der Waals surface area contributed by atoms with E-state index in [4.69, 9.17) is 5.73 Å². The number of hydrogen-bond donors (Lipinski definition) is 3. The zero-order valence-corrected chi connectivity index (χ0v) is 15.2. The summed E-state index contributed by atoms with van der Waals surface area (Å²) in [6, 6.07) is 5.18. The van der Waals surface area contributed by atoms with Gasteiger partial charge in [0.15, 0.2) is 0 Å². The normalized spacial score (nSPS) is 10.7. The van der Waals surface area contributed by atoms with Crippen molar-refractivity contribution >= 4 is 39.7 Å². The maximum absolute atomic E-state index is 12.0. The van der Waals surface area contributed by atoms with Crippen LogP contribution in [0.1, 0.15) is 37.7 Å². The minimum atomic E-state index is -3.39. The van der Waals surface area contributed by atoms with Gasteiger partial charge in [-0.2, -0.15) is 0 Å². The second-order valence-corrected chi connectivity index (χ2v) is 7.17.